The number of hydrogen-bond donors (Lipinski definition) is 1. The minimum atomic E-state index is -0.153. The van der Waals surface area contributed by atoms with Crippen molar-refractivity contribution in [1.29, 1.82) is 0 Å². The van der Waals surface area contributed by atoms with E-state index >= 15 is 0 Å². The molecule has 1 saturated heterocycles. The van der Waals surface area contributed by atoms with Gasteiger partial charge in [0, 0.05) is 22.3 Å². The van der Waals surface area contributed by atoms with E-state index < -0.39 is 0 Å². The number of nitrogens with one attached hydrogen (secondary N) is 1. The second-order valence-electron chi connectivity index (χ2n) is 7.21. The summed E-state index contributed by atoms with van der Waals surface area (Å²) in [5, 5.41) is 2.90. The van der Waals surface area contributed by atoms with Crippen LogP contribution in [0.4, 0.5) is 5.69 Å². The van der Waals surface area contributed by atoms with E-state index in [2.05, 4.69) is 21.2 Å². The van der Waals surface area contributed by atoms with E-state index in [-0.39, 0.29) is 17.2 Å². The number of carbonyl (C=O) groups excluding carboxylic acids is 2. The molecular formula is C24H21BrN2O2S. The fraction of sp³-hybridized carbons (Fsp3) is 0.167. The summed E-state index contributed by atoms with van der Waals surface area (Å²) in [5.74, 6) is 0.462. The Kier molecular flexibility index (Phi) is 6.25. The molecule has 0 radical (unpaired) electrons. The van der Waals surface area contributed by atoms with Gasteiger partial charge in [0.2, 0.25) is 5.91 Å². The predicted octanol–water partition coefficient (Wildman–Crippen LogP) is 5.78. The molecule has 3 aromatic carbocycles. The van der Waals surface area contributed by atoms with Crippen LogP contribution in [-0.4, -0.2) is 22.5 Å². The molecule has 6 heteroatoms. The van der Waals surface area contributed by atoms with Gasteiger partial charge >= 0.3 is 0 Å². The van der Waals surface area contributed by atoms with E-state index in [1.165, 1.54) is 0 Å². The van der Waals surface area contributed by atoms with Crippen LogP contribution in [0.15, 0.2) is 77.3 Å². The number of rotatable bonds is 5. The molecule has 0 unspecified atom stereocenters. The molecule has 0 aromatic heterocycles. The second kappa shape index (κ2) is 9.06. The van der Waals surface area contributed by atoms with Crippen molar-refractivity contribution in [1.82, 2.24) is 4.90 Å². The van der Waals surface area contributed by atoms with Crippen LogP contribution in [-0.2, 0) is 11.3 Å². The van der Waals surface area contributed by atoms with Crippen molar-refractivity contribution >= 4 is 45.2 Å². The van der Waals surface area contributed by atoms with Gasteiger partial charge in [-0.3, -0.25) is 9.59 Å². The molecule has 2 amide bonds. The summed E-state index contributed by atoms with van der Waals surface area (Å²) in [4.78, 5) is 26.9. The molecule has 1 fully saturated rings. The average molecular weight is 481 g/mol. The molecule has 1 heterocycles. The van der Waals surface area contributed by atoms with Crippen molar-refractivity contribution in [2.45, 2.75) is 18.8 Å². The first-order valence-corrected chi connectivity index (χ1v) is 11.5. The van der Waals surface area contributed by atoms with Crippen molar-refractivity contribution in [3.63, 3.8) is 0 Å². The fourth-order valence-electron chi connectivity index (χ4n) is 3.41. The molecular weight excluding hydrogens is 460 g/mol. The zero-order valence-corrected chi connectivity index (χ0v) is 18.9. The third kappa shape index (κ3) is 4.60. The Balaban J connectivity index is 1.47. The molecule has 1 aliphatic rings. The number of halogens is 1. The Bertz CT molecular complexity index is 1070. The van der Waals surface area contributed by atoms with Crippen LogP contribution in [0.2, 0.25) is 0 Å². The highest BCUT2D eigenvalue weighted by molar-refractivity contribution is 9.10. The summed E-state index contributed by atoms with van der Waals surface area (Å²) in [6.07, 6.45) is 0. The first kappa shape index (κ1) is 20.7. The van der Waals surface area contributed by atoms with E-state index in [9.17, 15) is 9.59 Å². The SMILES string of the molecule is Cc1cc(NC(=O)c2ccc([C@H]3SCC(=O)N3Cc3ccccc3)cc2)ccc1Br. The number of carbonyl (C=O) groups is 2. The average Bonchev–Trinajstić information content (AvgIpc) is 3.12. The van der Waals surface area contributed by atoms with Crippen molar-refractivity contribution in [3.05, 3.63) is 99.5 Å². The lowest BCUT2D eigenvalue weighted by Gasteiger charge is -2.24. The van der Waals surface area contributed by atoms with E-state index in [0.29, 0.717) is 17.9 Å². The van der Waals surface area contributed by atoms with E-state index in [0.717, 1.165) is 26.9 Å². The molecule has 1 aliphatic heterocycles. The number of benzene rings is 3. The van der Waals surface area contributed by atoms with Gasteiger partial charge in [-0.25, -0.2) is 0 Å². The third-order valence-electron chi connectivity index (χ3n) is 5.04. The van der Waals surface area contributed by atoms with E-state index in [4.69, 9.17) is 0 Å². The lowest BCUT2D eigenvalue weighted by molar-refractivity contribution is -0.128. The summed E-state index contributed by atoms with van der Waals surface area (Å²) in [6, 6.07) is 23.2. The highest BCUT2D eigenvalue weighted by atomic mass is 79.9. The monoisotopic (exact) mass is 480 g/mol. The van der Waals surface area contributed by atoms with Gasteiger partial charge in [-0.1, -0.05) is 58.4 Å². The maximum atomic E-state index is 12.6. The third-order valence-corrected chi connectivity index (χ3v) is 7.18. The zero-order chi connectivity index (χ0) is 21.1. The molecule has 4 rings (SSSR count). The Morgan fingerprint density at radius 2 is 1.83 bits per heavy atom. The van der Waals surface area contributed by atoms with Gasteiger partial charge in [0.05, 0.1) is 5.75 Å². The summed E-state index contributed by atoms with van der Waals surface area (Å²) < 4.78 is 1.01. The molecule has 0 aliphatic carbocycles. The lowest BCUT2D eigenvalue weighted by Crippen LogP contribution is -2.27. The minimum Gasteiger partial charge on any atom is -0.322 e. The molecule has 0 spiro atoms. The Hall–Kier alpha value is -2.57. The van der Waals surface area contributed by atoms with Gasteiger partial charge in [0.15, 0.2) is 0 Å². The number of hydrogen-bond acceptors (Lipinski definition) is 3. The second-order valence-corrected chi connectivity index (χ2v) is 9.13. The normalized spacial score (nSPS) is 16.0. The molecule has 152 valence electrons. The predicted molar refractivity (Wildman–Crippen MR) is 125 cm³/mol. The zero-order valence-electron chi connectivity index (χ0n) is 16.5. The topological polar surface area (TPSA) is 49.4 Å². The van der Waals surface area contributed by atoms with Crippen molar-refractivity contribution in [3.8, 4) is 0 Å². The highest BCUT2D eigenvalue weighted by Crippen LogP contribution is 2.39. The van der Waals surface area contributed by atoms with Gasteiger partial charge in [-0.15, -0.1) is 11.8 Å². The quantitative estimate of drug-likeness (QED) is 0.503. The largest absolute Gasteiger partial charge is 0.322 e. The fourth-order valence-corrected chi connectivity index (χ4v) is 4.84. The Labute approximate surface area is 188 Å². The van der Waals surface area contributed by atoms with Crippen LogP contribution in [0.3, 0.4) is 0 Å². The van der Waals surface area contributed by atoms with Crippen molar-refractivity contribution < 1.29 is 9.59 Å². The maximum absolute atomic E-state index is 12.6. The highest BCUT2D eigenvalue weighted by Gasteiger charge is 2.32. The standard InChI is InChI=1S/C24H21BrN2O2S/c1-16-13-20(11-12-21(16)25)26-23(29)18-7-9-19(10-8-18)24-27(22(28)15-30-24)14-17-5-3-2-4-6-17/h2-13,24H,14-15H2,1H3,(H,26,29)/t24-/m1/s1. The number of anilines is 1. The Morgan fingerprint density at radius 1 is 1.10 bits per heavy atom. The lowest BCUT2D eigenvalue weighted by atomic mass is 10.1. The maximum Gasteiger partial charge on any atom is 0.255 e. The van der Waals surface area contributed by atoms with Gasteiger partial charge in [0.1, 0.15) is 5.37 Å². The smallest absolute Gasteiger partial charge is 0.255 e. The molecule has 4 nitrogen and oxygen atoms in total. The summed E-state index contributed by atoms with van der Waals surface area (Å²) in [6.45, 7) is 2.57. The summed E-state index contributed by atoms with van der Waals surface area (Å²) >= 11 is 5.09. The molecule has 0 bridgehead atoms. The molecule has 30 heavy (non-hydrogen) atoms. The van der Waals surface area contributed by atoms with Gasteiger partial charge in [-0.05, 0) is 53.9 Å². The summed E-state index contributed by atoms with van der Waals surface area (Å²) in [7, 11) is 0. The van der Waals surface area contributed by atoms with E-state index in [1.54, 1.807) is 11.8 Å². The molecule has 1 N–H and O–H groups in total. The first-order chi connectivity index (χ1) is 14.5. The summed E-state index contributed by atoms with van der Waals surface area (Å²) in [5.41, 5.74) is 4.54. The van der Waals surface area contributed by atoms with Crippen LogP contribution < -0.4 is 5.32 Å². The van der Waals surface area contributed by atoms with Crippen LogP contribution >= 0.6 is 27.7 Å². The van der Waals surface area contributed by atoms with Gasteiger partial charge in [0.25, 0.3) is 5.91 Å². The molecule has 1 atom stereocenters. The van der Waals surface area contributed by atoms with Crippen molar-refractivity contribution in [2.75, 3.05) is 11.1 Å². The number of thioether (sulfide) groups is 1. The van der Waals surface area contributed by atoms with Crippen LogP contribution in [0, 0.1) is 6.92 Å². The van der Waals surface area contributed by atoms with E-state index in [1.807, 2.05) is 84.6 Å². The van der Waals surface area contributed by atoms with Gasteiger partial charge in [-0.2, -0.15) is 0 Å². The molecule has 3 aromatic rings. The van der Waals surface area contributed by atoms with Crippen LogP contribution in [0.1, 0.15) is 32.4 Å². The van der Waals surface area contributed by atoms with Crippen LogP contribution in [0.25, 0.3) is 0 Å². The number of amides is 2. The minimum absolute atomic E-state index is 0.0380. The van der Waals surface area contributed by atoms with Crippen molar-refractivity contribution in [2.24, 2.45) is 0 Å². The number of aryl methyl sites for hydroxylation is 1. The Morgan fingerprint density at radius 3 is 2.53 bits per heavy atom. The van der Waals surface area contributed by atoms with Crippen LogP contribution in [0.5, 0.6) is 0 Å². The van der Waals surface area contributed by atoms with Gasteiger partial charge < -0.3 is 10.2 Å². The first-order valence-electron chi connectivity index (χ1n) is 9.64. The number of nitrogens with zero attached hydrogens (tertiary/aromatic N) is 1. The molecule has 0 saturated carbocycles.